The number of aliphatic carboxylic acids is 1. The Kier molecular flexibility index (Phi) is 5.94. The lowest BCUT2D eigenvalue weighted by Crippen LogP contribution is -2.37. The molecule has 2 aromatic rings. The molecule has 0 saturated heterocycles. The summed E-state index contributed by atoms with van der Waals surface area (Å²) in [6.45, 7) is 2.85. The highest BCUT2D eigenvalue weighted by Crippen LogP contribution is 2.22. The summed E-state index contributed by atoms with van der Waals surface area (Å²) in [7, 11) is -3.70. The number of anilines is 1. The average molecular weight is 396 g/mol. The van der Waals surface area contributed by atoms with Crippen molar-refractivity contribution in [2.24, 2.45) is 0 Å². The van der Waals surface area contributed by atoms with Crippen LogP contribution in [0.15, 0.2) is 53.9 Å². The highest BCUT2D eigenvalue weighted by atomic mass is 35.5. The molecule has 26 heavy (non-hydrogen) atoms. The Morgan fingerprint density at radius 2 is 1.69 bits per heavy atom. The van der Waals surface area contributed by atoms with Gasteiger partial charge in [0, 0.05) is 10.7 Å². The zero-order chi connectivity index (χ0) is 19.4. The standard InChI is InChI=1S/C18H18ClNO5S/c1-18(2,17(21)22)25-16-9-7-15(8-10-16)20-26(23,24)12-11-13-3-5-14(19)6-4-13/h3-12,20H,1-2H3,(H,21,22). The number of benzene rings is 2. The molecule has 0 unspecified atom stereocenters. The van der Waals surface area contributed by atoms with Crippen molar-refractivity contribution in [2.75, 3.05) is 4.72 Å². The van der Waals surface area contributed by atoms with E-state index >= 15 is 0 Å². The van der Waals surface area contributed by atoms with Crippen LogP contribution >= 0.6 is 11.6 Å². The molecule has 0 atom stereocenters. The van der Waals surface area contributed by atoms with Gasteiger partial charge in [-0.25, -0.2) is 13.2 Å². The number of hydrogen-bond donors (Lipinski definition) is 2. The molecule has 0 aliphatic rings. The van der Waals surface area contributed by atoms with Gasteiger partial charge < -0.3 is 9.84 Å². The molecule has 0 radical (unpaired) electrons. The smallest absolute Gasteiger partial charge is 0.347 e. The monoisotopic (exact) mass is 395 g/mol. The Labute approximate surface area is 157 Å². The minimum absolute atomic E-state index is 0.317. The first-order valence-electron chi connectivity index (χ1n) is 7.56. The van der Waals surface area contributed by atoms with Gasteiger partial charge in [-0.2, -0.15) is 0 Å². The van der Waals surface area contributed by atoms with Gasteiger partial charge in [-0.3, -0.25) is 4.72 Å². The topological polar surface area (TPSA) is 92.7 Å². The Morgan fingerprint density at radius 1 is 1.12 bits per heavy atom. The Morgan fingerprint density at radius 3 is 2.23 bits per heavy atom. The van der Waals surface area contributed by atoms with E-state index in [2.05, 4.69) is 4.72 Å². The molecule has 138 valence electrons. The maximum atomic E-state index is 12.1. The fraction of sp³-hybridized carbons (Fsp3) is 0.167. The van der Waals surface area contributed by atoms with Gasteiger partial charge in [-0.05, 0) is 61.9 Å². The van der Waals surface area contributed by atoms with Crippen LogP contribution in [-0.4, -0.2) is 25.1 Å². The summed E-state index contributed by atoms with van der Waals surface area (Å²) in [4.78, 5) is 11.1. The summed E-state index contributed by atoms with van der Waals surface area (Å²) in [5.41, 5.74) is -0.367. The van der Waals surface area contributed by atoms with Gasteiger partial charge in [0.1, 0.15) is 5.75 Å². The van der Waals surface area contributed by atoms with Gasteiger partial charge in [0.2, 0.25) is 0 Å². The van der Waals surface area contributed by atoms with E-state index < -0.39 is 21.6 Å². The molecule has 6 nitrogen and oxygen atoms in total. The third-order valence-corrected chi connectivity index (χ3v) is 4.58. The Bertz CT molecular complexity index is 904. The molecule has 0 aromatic heterocycles. The third kappa shape index (κ3) is 5.79. The van der Waals surface area contributed by atoms with Crippen molar-refractivity contribution >= 4 is 39.4 Å². The van der Waals surface area contributed by atoms with Crippen LogP contribution in [-0.2, 0) is 14.8 Å². The molecule has 2 aromatic carbocycles. The minimum Gasteiger partial charge on any atom is -0.478 e. The Hall–Kier alpha value is -2.51. The zero-order valence-corrected chi connectivity index (χ0v) is 15.7. The largest absolute Gasteiger partial charge is 0.478 e. The number of rotatable bonds is 7. The molecule has 0 spiro atoms. The predicted octanol–water partition coefficient (Wildman–Crippen LogP) is 3.99. The number of hydrogen-bond acceptors (Lipinski definition) is 4. The summed E-state index contributed by atoms with van der Waals surface area (Å²) in [5.74, 6) is -0.785. The van der Waals surface area contributed by atoms with E-state index in [9.17, 15) is 13.2 Å². The summed E-state index contributed by atoms with van der Waals surface area (Å²) in [6.07, 6.45) is 1.45. The van der Waals surface area contributed by atoms with E-state index in [0.29, 0.717) is 22.0 Å². The number of nitrogens with one attached hydrogen (secondary N) is 1. The number of ether oxygens (including phenoxy) is 1. The quantitative estimate of drug-likeness (QED) is 0.739. The maximum absolute atomic E-state index is 12.1. The lowest BCUT2D eigenvalue weighted by atomic mass is 10.1. The van der Waals surface area contributed by atoms with E-state index in [4.69, 9.17) is 21.4 Å². The number of halogens is 1. The van der Waals surface area contributed by atoms with Crippen LogP contribution in [0.1, 0.15) is 19.4 Å². The van der Waals surface area contributed by atoms with Gasteiger partial charge in [0.05, 0.1) is 5.41 Å². The van der Waals surface area contributed by atoms with E-state index in [0.717, 1.165) is 5.41 Å². The average Bonchev–Trinajstić information content (AvgIpc) is 2.55. The molecule has 0 fully saturated rings. The molecular formula is C18H18ClNO5S. The van der Waals surface area contributed by atoms with Crippen LogP contribution in [0.25, 0.3) is 6.08 Å². The normalized spacial score (nSPS) is 12.1. The first kappa shape index (κ1) is 19.8. The van der Waals surface area contributed by atoms with Crippen LogP contribution in [0.3, 0.4) is 0 Å². The molecule has 0 bridgehead atoms. The molecule has 8 heteroatoms. The maximum Gasteiger partial charge on any atom is 0.347 e. The van der Waals surface area contributed by atoms with Crippen molar-refractivity contribution in [3.05, 3.63) is 64.5 Å². The van der Waals surface area contributed by atoms with Crippen LogP contribution in [0, 0.1) is 0 Å². The zero-order valence-electron chi connectivity index (χ0n) is 14.1. The molecule has 0 aliphatic carbocycles. The van der Waals surface area contributed by atoms with Gasteiger partial charge in [-0.15, -0.1) is 0 Å². The van der Waals surface area contributed by atoms with Gasteiger partial charge in [-0.1, -0.05) is 23.7 Å². The van der Waals surface area contributed by atoms with Crippen molar-refractivity contribution in [3.8, 4) is 5.75 Å². The summed E-state index contributed by atoms with van der Waals surface area (Å²) in [5, 5.41) is 10.7. The molecule has 0 saturated carbocycles. The lowest BCUT2D eigenvalue weighted by molar-refractivity contribution is -0.152. The fourth-order valence-electron chi connectivity index (χ4n) is 1.87. The van der Waals surface area contributed by atoms with Gasteiger partial charge >= 0.3 is 5.97 Å². The van der Waals surface area contributed by atoms with Crippen molar-refractivity contribution in [2.45, 2.75) is 19.4 Å². The fourth-order valence-corrected chi connectivity index (χ4v) is 2.86. The second-order valence-corrected chi connectivity index (χ2v) is 7.95. The van der Waals surface area contributed by atoms with Crippen molar-refractivity contribution < 1.29 is 23.1 Å². The van der Waals surface area contributed by atoms with Gasteiger partial charge in [0.25, 0.3) is 10.0 Å². The van der Waals surface area contributed by atoms with Crippen molar-refractivity contribution in [1.29, 1.82) is 0 Å². The SMILES string of the molecule is CC(C)(Oc1ccc(NS(=O)(=O)C=Cc2ccc(Cl)cc2)cc1)C(=O)O. The lowest BCUT2D eigenvalue weighted by Gasteiger charge is -2.21. The van der Waals surface area contributed by atoms with Crippen molar-refractivity contribution in [3.63, 3.8) is 0 Å². The summed E-state index contributed by atoms with van der Waals surface area (Å²) >= 11 is 5.78. The van der Waals surface area contributed by atoms with Crippen LogP contribution in [0.2, 0.25) is 5.02 Å². The Balaban J connectivity index is 2.05. The highest BCUT2D eigenvalue weighted by Gasteiger charge is 2.29. The van der Waals surface area contributed by atoms with E-state index in [1.165, 1.54) is 44.2 Å². The second kappa shape index (κ2) is 7.80. The number of carboxylic acid groups (broad SMARTS) is 1. The van der Waals surface area contributed by atoms with Crippen molar-refractivity contribution in [1.82, 2.24) is 0 Å². The first-order valence-corrected chi connectivity index (χ1v) is 9.49. The number of sulfonamides is 1. The highest BCUT2D eigenvalue weighted by molar-refractivity contribution is 7.95. The minimum atomic E-state index is -3.70. The molecule has 0 aliphatic heterocycles. The van der Waals surface area contributed by atoms with E-state index in [1.54, 1.807) is 24.3 Å². The second-order valence-electron chi connectivity index (χ2n) is 5.94. The number of carboxylic acids is 1. The van der Waals surface area contributed by atoms with Crippen LogP contribution < -0.4 is 9.46 Å². The summed E-state index contributed by atoms with van der Waals surface area (Å²) < 4.78 is 32.0. The third-order valence-electron chi connectivity index (χ3n) is 3.31. The first-order chi connectivity index (χ1) is 12.1. The van der Waals surface area contributed by atoms with E-state index in [-0.39, 0.29) is 0 Å². The number of carbonyl (C=O) groups is 1. The molecule has 2 N–H and O–H groups in total. The van der Waals surface area contributed by atoms with Gasteiger partial charge in [0.15, 0.2) is 5.60 Å². The predicted molar refractivity (Wildman–Crippen MR) is 102 cm³/mol. The molecule has 2 rings (SSSR count). The summed E-state index contributed by atoms with van der Waals surface area (Å²) in [6, 6.07) is 12.7. The molecular weight excluding hydrogens is 378 g/mol. The molecule has 0 amide bonds. The van der Waals surface area contributed by atoms with E-state index in [1.807, 2.05) is 0 Å². The van der Waals surface area contributed by atoms with Crippen LogP contribution in [0.4, 0.5) is 5.69 Å². The van der Waals surface area contributed by atoms with Crippen LogP contribution in [0.5, 0.6) is 5.75 Å². The molecule has 0 heterocycles.